The first-order valence-corrected chi connectivity index (χ1v) is 8.08. The zero-order chi connectivity index (χ0) is 17.6. The largest absolute Gasteiger partial charge is 0.486 e. The van der Waals surface area contributed by atoms with E-state index >= 15 is 0 Å². The van der Waals surface area contributed by atoms with Crippen molar-refractivity contribution in [1.29, 1.82) is 0 Å². The maximum Gasteiger partial charge on any atom is 0.255 e. The lowest BCUT2D eigenvalue weighted by Crippen LogP contribution is -2.12. The molecule has 0 atom stereocenters. The molecule has 8 heteroatoms. The van der Waals surface area contributed by atoms with E-state index in [1.807, 2.05) is 6.92 Å². The van der Waals surface area contributed by atoms with Gasteiger partial charge < -0.3 is 10.1 Å². The van der Waals surface area contributed by atoms with Crippen LogP contribution in [0, 0.1) is 0 Å². The Labute approximate surface area is 149 Å². The molecule has 0 fully saturated rings. The van der Waals surface area contributed by atoms with E-state index in [2.05, 4.69) is 20.8 Å². The second kappa shape index (κ2) is 7.76. The maximum absolute atomic E-state index is 12.3. The highest BCUT2D eigenvalue weighted by Crippen LogP contribution is 2.18. The number of benzene rings is 2. The number of carbonyl (C=O) groups is 1. The van der Waals surface area contributed by atoms with Crippen LogP contribution in [0.4, 0.5) is 5.69 Å². The number of hydrogen-bond acceptors (Lipinski definition) is 5. The molecular formula is C17H16ClN5O2. The normalized spacial score (nSPS) is 10.5. The quantitative estimate of drug-likeness (QED) is 0.732. The number of tetrazole rings is 1. The predicted molar refractivity (Wildman–Crippen MR) is 93.7 cm³/mol. The van der Waals surface area contributed by atoms with Gasteiger partial charge in [0.2, 0.25) is 0 Å². The molecule has 7 nitrogen and oxygen atoms in total. The van der Waals surface area contributed by atoms with Crippen LogP contribution in [-0.4, -0.2) is 26.1 Å². The Morgan fingerprint density at radius 2 is 2.04 bits per heavy atom. The summed E-state index contributed by atoms with van der Waals surface area (Å²) in [6.07, 6.45) is 0. The summed E-state index contributed by atoms with van der Waals surface area (Å²) in [6, 6.07) is 13.8. The highest BCUT2D eigenvalue weighted by atomic mass is 35.5. The number of hydrogen-bond donors (Lipinski definition) is 1. The summed E-state index contributed by atoms with van der Waals surface area (Å²) in [5.74, 6) is 0.957. The average molecular weight is 358 g/mol. The van der Waals surface area contributed by atoms with Crippen LogP contribution < -0.4 is 10.1 Å². The molecule has 128 valence electrons. The topological polar surface area (TPSA) is 81.9 Å². The van der Waals surface area contributed by atoms with Crippen molar-refractivity contribution in [1.82, 2.24) is 20.2 Å². The third-order valence-corrected chi connectivity index (χ3v) is 3.72. The monoisotopic (exact) mass is 357 g/mol. The fourth-order valence-corrected chi connectivity index (χ4v) is 2.31. The first-order valence-electron chi connectivity index (χ1n) is 7.70. The van der Waals surface area contributed by atoms with Crippen LogP contribution >= 0.6 is 11.6 Å². The van der Waals surface area contributed by atoms with E-state index in [4.69, 9.17) is 16.3 Å². The van der Waals surface area contributed by atoms with E-state index in [1.165, 1.54) is 0 Å². The van der Waals surface area contributed by atoms with Gasteiger partial charge in [-0.1, -0.05) is 17.7 Å². The molecule has 0 aliphatic rings. The number of nitrogens with one attached hydrogen (secondary N) is 1. The summed E-state index contributed by atoms with van der Waals surface area (Å²) >= 11 is 5.84. The van der Waals surface area contributed by atoms with Gasteiger partial charge in [0.1, 0.15) is 12.4 Å². The Morgan fingerprint density at radius 3 is 2.80 bits per heavy atom. The molecule has 3 rings (SSSR count). The van der Waals surface area contributed by atoms with Gasteiger partial charge in [-0.25, -0.2) is 4.68 Å². The number of halogens is 1. The number of aryl methyl sites for hydroxylation is 1. The zero-order valence-electron chi connectivity index (χ0n) is 13.5. The van der Waals surface area contributed by atoms with Crippen molar-refractivity contribution in [2.75, 3.05) is 5.32 Å². The molecule has 0 unspecified atom stereocenters. The summed E-state index contributed by atoms with van der Waals surface area (Å²) < 4.78 is 7.34. The standard InChI is InChI=1S/C17H16ClN5O2/c1-2-23-16(20-21-22-23)11-25-15-5-3-4-12(10-15)17(24)19-14-8-6-13(18)7-9-14/h3-10H,2,11H2,1H3,(H,19,24). The molecule has 1 amide bonds. The Balaban J connectivity index is 1.66. The van der Waals surface area contributed by atoms with Gasteiger partial charge in [-0.05, 0) is 59.8 Å². The summed E-state index contributed by atoms with van der Waals surface area (Å²) in [7, 11) is 0. The summed E-state index contributed by atoms with van der Waals surface area (Å²) in [5.41, 5.74) is 1.16. The Kier molecular flexibility index (Phi) is 5.25. The number of ether oxygens (including phenoxy) is 1. The van der Waals surface area contributed by atoms with Crippen LogP contribution in [0.5, 0.6) is 5.75 Å². The molecule has 0 saturated heterocycles. The molecule has 0 aliphatic carbocycles. The summed E-state index contributed by atoms with van der Waals surface area (Å²) in [4.78, 5) is 12.3. The summed E-state index contributed by atoms with van der Waals surface area (Å²) in [6.45, 7) is 2.83. The van der Waals surface area contributed by atoms with E-state index < -0.39 is 0 Å². The number of nitrogens with zero attached hydrogens (tertiary/aromatic N) is 4. The molecule has 0 radical (unpaired) electrons. The van der Waals surface area contributed by atoms with Crippen LogP contribution in [0.1, 0.15) is 23.1 Å². The van der Waals surface area contributed by atoms with Gasteiger partial charge in [-0.2, -0.15) is 0 Å². The zero-order valence-corrected chi connectivity index (χ0v) is 14.3. The van der Waals surface area contributed by atoms with E-state index in [0.717, 1.165) is 0 Å². The van der Waals surface area contributed by atoms with Gasteiger partial charge in [0.15, 0.2) is 5.82 Å². The van der Waals surface area contributed by atoms with Crippen molar-refractivity contribution < 1.29 is 9.53 Å². The average Bonchev–Trinajstić information content (AvgIpc) is 3.10. The summed E-state index contributed by atoms with van der Waals surface area (Å²) in [5, 5.41) is 14.8. The van der Waals surface area contributed by atoms with Gasteiger partial charge in [-0.3, -0.25) is 4.79 Å². The van der Waals surface area contributed by atoms with E-state index in [1.54, 1.807) is 53.2 Å². The van der Waals surface area contributed by atoms with Crippen LogP contribution in [0.3, 0.4) is 0 Å². The molecule has 0 aliphatic heterocycles. The minimum atomic E-state index is -0.230. The van der Waals surface area contributed by atoms with Crippen molar-refractivity contribution in [2.45, 2.75) is 20.1 Å². The van der Waals surface area contributed by atoms with Gasteiger partial charge in [-0.15, -0.1) is 5.10 Å². The van der Waals surface area contributed by atoms with Gasteiger partial charge in [0.25, 0.3) is 5.91 Å². The van der Waals surface area contributed by atoms with Gasteiger partial charge in [0, 0.05) is 22.8 Å². The lowest BCUT2D eigenvalue weighted by Gasteiger charge is -2.09. The molecule has 1 heterocycles. The van der Waals surface area contributed by atoms with E-state index in [0.29, 0.717) is 34.4 Å². The van der Waals surface area contributed by atoms with Crippen LogP contribution in [0.15, 0.2) is 48.5 Å². The fourth-order valence-electron chi connectivity index (χ4n) is 2.18. The minimum absolute atomic E-state index is 0.225. The van der Waals surface area contributed by atoms with Gasteiger partial charge >= 0.3 is 0 Å². The second-order valence-electron chi connectivity index (χ2n) is 5.19. The molecule has 1 aromatic heterocycles. The number of carbonyl (C=O) groups excluding carboxylic acids is 1. The highest BCUT2D eigenvalue weighted by molar-refractivity contribution is 6.30. The third-order valence-electron chi connectivity index (χ3n) is 3.47. The second-order valence-corrected chi connectivity index (χ2v) is 5.62. The molecule has 2 aromatic carbocycles. The Bertz CT molecular complexity index is 863. The lowest BCUT2D eigenvalue weighted by molar-refractivity contribution is 0.102. The van der Waals surface area contributed by atoms with Crippen LogP contribution in [0.2, 0.25) is 5.02 Å². The number of anilines is 1. The smallest absolute Gasteiger partial charge is 0.255 e. The van der Waals surface area contributed by atoms with E-state index in [9.17, 15) is 4.79 Å². The number of aromatic nitrogens is 4. The highest BCUT2D eigenvalue weighted by Gasteiger charge is 2.09. The Morgan fingerprint density at radius 1 is 1.24 bits per heavy atom. The van der Waals surface area contributed by atoms with Crippen molar-refractivity contribution in [2.24, 2.45) is 0 Å². The van der Waals surface area contributed by atoms with Crippen LogP contribution in [-0.2, 0) is 13.2 Å². The first-order chi connectivity index (χ1) is 12.2. The maximum atomic E-state index is 12.3. The molecular weight excluding hydrogens is 342 g/mol. The third kappa shape index (κ3) is 4.33. The Hall–Kier alpha value is -2.93. The SMILES string of the molecule is CCn1nnnc1COc1cccc(C(=O)Nc2ccc(Cl)cc2)c1. The van der Waals surface area contributed by atoms with Crippen molar-refractivity contribution in [3.8, 4) is 5.75 Å². The predicted octanol–water partition coefficient (Wildman–Crippen LogP) is 3.18. The number of amides is 1. The van der Waals surface area contributed by atoms with E-state index in [-0.39, 0.29) is 12.5 Å². The first kappa shape index (κ1) is 16.9. The van der Waals surface area contributed by atoms with Crippen LogP contribution in [0.25, 0.3) is 0 Å². The minimum Gasteiger partial charge on any atom is -0.486 e. The van der Waals surface area contributed by atoms with Crippen molar-refractivity contribution in [3.05, 3.63) is 64.9 Å². The molecule has 0 bridgehead atoms. The fraction of sp³-hybridized carbons (Fsp3) is 0.176. The molecule has 0 spiro atoms. The number of rotatable bonds is 6. The van der Waals surface area contributed by atoms with Crippen molar-refractivity contribution in [3.63, 3.8) is 0 Å². The van der Waals surface area contributed by atoms with Gasteiger partial charge in [0.05, 0.1) is 0 Å². The lowest BCUT2D eigenvalue weighted by atomic mass is 10.2. The molecule has 1 N–H and O–H groups in total. The molecule has 25 heavy (non-hydrogen) atoms. The molecule has 3 aromatic rings. The molecule has 0 saturated carbocycles. The van der Waals surface area contributed by atoms with Crippen molar-refractivity contribution >= 4 is 23.2 Å².